The van der Waals surface area contributed by atoms with Crippen LogP contribution in [0.3, 0.4) is 0 Å². The lowest BCUT2D eigenvalue weighted by Crippen LogP contribution is -2.28. The van der Waals surface area contributed by atoms with Gasteiger partial charge in [0.1, 0.15) is 0 Å². The summed E-state index contributed by atoms with van der Waals surface area (Å²) in [6.07, 6.45) is 1.77. The molecule has 2 rings (SSSR count). The summed E-state index contributed by atoms with van der Waals surface area (Å²) < 4.78 is 1.55. The van der Waals surface area contributed by atoms with Gasteiger partial charge in [0.05, 0.1) is 18.1 Å². The Hall–Kier alpha value is -1.68. The van der Waals surface area contributed by atoms with Crippen LogP contribution in [0.15, 0.2) is 29.2 Å². The third-order valence-corrected chi connectivity index (χ3v) is 3.30. The van der Waals surface area contributed by atoms with Gasteiger partial charge in [0.15, 0.2) is 0 Å². The maximum absolute atomic E-state index is 12.4. The van der Waals surface area contributed by atoms with Crippen LogP contribution in [0.25, 0.3) is 10.8 Å². The van der Waals surface area contributed by atoms with E-state index < -0.39 is 0 Å². The van der Waals surface area contributed by atoms with Crippen molar-refractivity contribution in [1.82, 2.24) is 14.7 Å². The highest BCUT2D eigenvalue weighted by Crippen LogP contribution is 2.18. The Labute approximate surface area is 113 Å². The first-order valence-electron chi connectivity index (χ1n) is 6.63. The molecule has 0 amide bonds. The number of hydrogen-bond donors (Lipinski definition) is 0. The average molecular weight is 259 g/mol. The van der Waals surface area contributed by atoms with Crippen molar-refractivity contribution in [1.29, 1.82) is 0 Å². The van der Waals surface area contributed by atoms with Crippen molar-refractivity contribution in [2.24, 2.45) is 0 Å². The maximum Gasteiger partial charge on any atom is 0.274 e. The van der Waals surface area contributed by atoms with E-state index in [1.807, 2.05) is 31.1 Å². The molecule has 4 heteroatoms. The molecule has 0 aliphatic carbocycles. The average Bonchev–Trinajstić information content (AvgIpc) is 2.37. The molecule has 1 aromatic carbocycles. The SMILES string of the molecule is CC(C)c1ccc2cnn(CCN(C)C)c(=O)c2c1. The number of benzene rings is 1. The van der Waals surface area contributed by atoms with Crippen LogP contribution in [-0.2, 0) is 6.54 Å². The van der Waals surface area contributed by atoms with Gasteiger partial charge in [-0.1, -0.05) is 26.0 Å². The molecule has 0 saturated carbocycles. The summed E-state index contributed by atoms with van der Waals surface area (Å²) in [5, 5.41) is 5.91. The Balaban J connectivity index is 2.46. The first-order valence-corrected chi connectivity index (χ1v) is 6.63. The molecule has 0 fully saturated rings. The number of rotatable bonds is 4. The molecule has 0 spiro atoms. The Morgan fingerprint density at radius 2 is 2.05 bits per heavy atom. The normalized spacial score (nSPS) is 11.7. The predicted molar refractivity (Wildman–Crippen MR) is 78.6 cm³/mol. The zero-order valence-electron chi connectivity index (χ0n) is 12.1. The van der Waals surface area contributed by atoms with Gasteiger partial charge in [-0.15, -0.1) is 0 Å². The van der Waals surface area contributed by atoms with E-state index in [2.05, 4.69) is 25.0 Å². The van der Waals surface area contributed by atoms with Crippen LogP contribution in [0.5, 0.6) is 0 Å². The molecule has 2 aromatic rings. The van der Waals surface area contributed by atoms with E-state index >= 15 is 0 Å². The van der Waals surface area contributed by atoms with E-state index in [0.717, 1.165) is 17.3 Å². The Bertz CT molecular complexity index is 629. The summed E-state index contributed by atoms with van der Waals surface area (Å²) in [5.41, 5.74) is 1.19. The summed E-state index contributed by atoms with van der Waals surface area (Å²) in [7, 11) is 3.98. The Kier molecular flexibility index (Phi) is 4.00. The molecule has 0 aliphatic rings. The van der Waals surface area contributed by atoms with Gasteiger partial charge in [0, 0.05) is 11.9 Å². The molecule has 0 aliphatic heterocycles. The maximum atomic E-state index is 12.4. The Morgan fingerprint density at radius 1 is 1.32 bits per heavy atom. The van der Waals surface area contributed by atoms with Crippen molar-refractivity contribution in [2.75, 3.05) is 20.6 Å². The zero-order chi connectivity index (χ0) is 14.0. The van der Waals surface area contributed by atoms with Gasteiger partial charge in [-0.3, -0.25) is 4.79 Å². The fraction of sp³-hybridized carbons (Fsp3) is 0.467. The van der Waals surface area contributed by atoms with Crippen LogP contribution >= 0.6 is 0 Å². The topological polar surface area (TPSA) is 38.1 Å². The van der Waals surface area contributed by atoms with E-state index in [-0.39, 0.29) is 5.56 Å². The standard InChI is InChI=1S/C15H21N3O/c1-11(2)12-5-6-13-10-16-18(8-7-17(3)4)15(19)14(13)9-12/h5-6,9-11H,7-8H2,1-4H3. The molecular weight excluding hydrogens is 238 g/mol. The lowest BCUT2D eigenvalue weighted by atomic mass is 10.0. The van der Waals surface area contributed by atoms with Crippen LogP contribution in [0, 0.1) is 0 Å². The van der Waals surface area contributed by atoms with Crippen molar-refractivity contribution >= 4 is 10.8 Å². The van der Waals surface area contributed by atoms with Crippen LogP contribution in [-0.4, -0.2) is 35.3 Å². The number of aromatic nitrogens is 2. The molecule has 102 valence electrons. The van der Waals surface area contributed by atoms with E-state index in [9.17, 15) is 4.79 Å². The first-order chi connectivity index (χ1) is 8.99. The number of hydrogen-bond acceptors (Lipinski definition) is 3. The van der Waals surface area contributed by atoms with Crippen LogP contribution in [0.1, 0.15) is 25.3 Å². The minimum atomic E-state index is 0.00171. The third-order valence-electron chi connectivity index (χ3n) is 3.30. The molecule has 0 radical (unpaired) electrons. The second-order valence-electron chi connectivity index (χ2n) is 5.48. The summed E-state index contributed by atoms with van der Waals surface area (Å²) in [6, 6.07) is 6.05. The van der Waals surface area contributed by atoms with Crippen molar-refractivity contribution in [3.05, 3.63) is 40.3 Å². The van der Waals surface area contributed by atoms with Gasteiger partial charge in [-0.05, 0) is 31.6 Å². The van der Waals surface area contributed by atoms with Crippen LogP contribution < -0.4 is 5.56 Å². The molecule has 0 saturated heterocycles. The molecule has 0 unspecified atom stereocenters. The fourth-order valence-corrected chi connectivity index (χ4v) is 2.01. The minimum absolute atomic E-state index is 0.00171. The zero-order valence-corrected chi connectivity index (χ0v) is 12.1. The molecule has 0 N–H and O–H groups in total. The molecule has 1 heterocycles. The van der Waals surface area contributed by atoms with Crippen LogP contribution in [0.4, 0.5) is 0 Å². The monoisotopic (exact) mass is 259 g/mol. The second-order valence-corrected chi connectivity index (χ2v) is 5.48. The minimum Gasteiger partial charge on any atom is -0.308 e. The van der Waals surface area contributed by atoms with E-state index in [4.69, 9.17) is 0 Å². The Morgan fingerprint density at radius 3 is 2.68 bits per heavy atom. The summed E-state index contributed by atoms with van der Waals surface area (Å²) in [6.45, 7) is 5.69. The molecular formula is C15H21N3O. The second kappa shape index (κ2) is 5.53. The van der Waals surface area contributed by atoms with E-state index in [0.29, 0.717) is 12.5 Å². The van der Waals surface area contributed by atoms with Gasteiger partial charge in [-0.25, -0.2) is 4.68 Å². The summed E-state index contributed by atoms with van der Waals surface area (Å²) in [4.78, 5) is 14.4. The third kappa shape index (κ3) is 3.01. The lowest BCUT2D eigenvalue weighted by Gasteiger charge is -2.11. The van der Waals surface area contributed by atoms with Gasteiger partial charge < -0.3 is 4.90 Å². The number of nitrogens with zero attached hydrogens (tertiary/aromatic N) is 3. The van der Waals surface area contributed by atoms with Crippen LogP contribution in [0.2, 0.25) is 0 Å². The number of fused-ring (bicyclic) bond motifs is 1. The van der Waals surface area contributed by atoms with Crippen molar-refractivity contribution < 1.29 is 0 Å². The first kappa shape index (κ1) is 13.7. The summed E-state index contributed by atoms with van der Waals surface area (Å²) >= 11 is 0. The summed E-state index contributed by atoms with van der Waals surface area (Å²) in [5.74, 6) is 0.423. The van der Waals surface area contributed by atoms with Gasteiger partial charge in [0.25, 0.3) is 5.56 Å². The molecule has 1 aromatic heterocycles. The number of likely N-dealkylation sites (N-methyl/N-ethyl adjacent to an activating group) is 1. The molecule has 0 bridgehead atoms. The molecule has 19 heavy (non-hydrogen) atoms. The van der Waals surface area contributed by atoms with E-state index in [1.54, 1.807) is 10.9 Å². The van der Waals surface area contributed by atoms with Gasteiger partial charge in [-0.2, -0.15) is 5.10 Å². The van der Waals surface area contributed by atoms with Crippen molar-refractivity contribution in [2.45, 2.75) is 26.3 Å². The van der Waals surface area contributed by atoms with Crippen molar-refractivity contribution in [3.63, 3.8) is 0 Å². The van der Waals surface area contributed by atoms with Crippen molar-refractivity contribution in [3.8, 4) is 0 Å². The highest BCUT2D eigenvalue weighted by molar-refractivity contribution is 5.81. The molecule has 0 atom stereocenters. The lowest BCUT2D eigenvalue weighted by molar-refractivity contribution is 0.368. The fourth-order valence-electron chi connectivity index (χ4n) is 2.01. The quantitative estimate of drug-likeness (QED) is 0.843. The smallest absolute Gasteiger partial charge is 0.274 e. The van der Waals surface area contributed by atoms with E-state index in [1.165, 1.54) is 5.56 Å². The highest BCUT2D eigenvalue weighted by Gasteiger charge is 2.07. The molecule has 4 nitrogen and oxygen atoms in total. The highest BCUT2D eigenvalue weighted by atomic mass is 16.1. The largest absolute Gasteiger partial charge is 0.308 e. The van der Waals surface area contributed by atoms with Gasteiger partial charge in [0.2, 0.25) is 0 Å². The van der Waals surface area contributed by atoms with Gasteiger partial charge >= 0.3 is 0 Å². The predicted octanol–water partition coefficient (Wildman–Crippen LogP) is 2.08.